The molecule has 32 heavy (non-hydrogen) atoms. The maximum Gasteiger partial charge on any atom is 0.264 e. The Hall–Kier alpha value is -2.92. The average molecular weight is 480 g/mol. The summed E-state index contributed by atoms with van der Waals surface area (Å²) in [6.45, 7) is 0.0314. The third-order valence-corrected chi connectivity index (χ3v) is 6.93. The number of hydrogen-bond donors (Lipinski definition) is 2. The van der Waals surface area contributed by atoms with Gasteiger partial charge in [0.1, 0.15) is 5.56 Å². The van der Waals surface area contributed by atoms with Crippen LogP contribution in [0.25, 0.3) is 10.9 Å². The highest BCUT2D eigenvalue weighted by Crippen LogP contribution is 2.25. The van der Waals surface area contributed by atoms with Crippen LogP contribution in [-0.4, -0.2) is 53.4 Å². The van der Waals surface area contributed by atoms with Gasteiger partial charge in [-0.3, -0.25) is 13.9 Å². The van der Waals surface area contributed by atoms with Gasteiger partial charge in [-0.25, -0.2) is 8.42 Å². The van der Waals surface area contributed by atoms with E-state index in [2.05, 4.69) is 10.3 Å². The number of halogens is 1. The molecule has 1 aromatic heterocycles. The van der Waals surface area contributed by atoms with Crippen LogP contribution >= 0.6 is 11.6 Å². The molecule has 170 valence electrons. The van der Waals surface area contributed by atoms with Gasteiger partial charge in [0.05, 0.1) is 17.1 Å². The summed E-state index contributed by atoms with van der Waals surface area (Å²) >= 11 is 5.87. The molecule has 0 saturated carbocycles. The number of anilines is 1. The number of benzene rings is 2. The first-order chi connectivity index (χ1) is 15.2. The van der Waals surface area contributed by atoms with Crippen LogP contribution in [0, 0.1) is 0 Å². The highest BCUT2D eigenvalue weighted by molar-refractivity contribution is 7.92. The van der Waals surface area contributed by atoms with E-state index < -0.39 is 27.6 Å². The van der Waals surface area contributed by atoms with E-state index in [1.54, 1.807) is 24.3 Å². The quantitative estimate of drug-likeness (QED) is 0.479. The Balaban J connectivity index is 1.97. The number of fused-ring (bicyclic) bond motifs is 1. The zero-order chi connectivity index (χ0) is 23.5. The molecule has 0 aliphatic rings. The Labute approximate surface area is 190 Å². The number of ether oxygens (including phenoxy) is 2. The second-order valence-corrected chi connectivity index (χ2v) is 9.20. The number of pyridine rings is 1. The van der Waals surface area contributed by atoms with Crippen LogP contribution in [0.2, 0.25) is 5.02 Å². The Morgan fingerprint density at radius 2 is 1.81 bits per heavy atom. The van der Waals surface area contributed by atoms with Crippen molar-refractivity contribution in [3.05, 3.63) is 69.5 Å². The average Bonchev–Trinajstić information content (AvgIpc) is 2.79. The number of carbonyl (C=O) groups is 1. The van der Waals surface area contributed by atoms with Crippen LogP contribution in [0.3, 0.4) is 0 Å². The number of H-pyrrole nitrogens is 1. The van der Waals surface area contributed by atoms with Crippen molar-refractivity contribution in [3.8, 4) is 0 Å². The molecule has 1 amide bonds. The summed E-state index contributed by atoms with van der Waals surface area (Å²) in [4.78, 5) is 28.2. The minimum Gasteiger partial charge on any atom is -0.360 e. The molecule has 1 heterocycles. The highest BCUT2D eigenvalue weighted by Gasteiger charge is 2.23. The molecule has 3 rings (SSSR count). The SMILES string of the molecule is COC(CNC(=O)c1c[nH]c2ccc(S(=O)(=O)N(C)c3ccc(Cl)cc3)cc2c1=O)OC. The summed E-state index contributed by atoms with van der Waals surface area (Å²) in [5.74, 6) is -0.640. The van der Waals surface area contributed by atoms with Gasteiger partial charge >= 0.3 is 0 Å². The molecule has 0 saturated heterocycles. The molecule has 0 spiro atoms. The lowest BCUT2D eigenvalue weighted by Crippen LogP contribution is -2.36. The number of nitrogens with zero attached hydrogens (tertiary/aromatic N) is 1. The van der Waals surface area contributed by atoms with Crippen molar-refractivity contribution >= 4 is 44.1 Å². The number of amides is 1. The topological polar surface area (TPSA) is 118 Å². The molecule has 0 radical (unpaired) electrons. The lowest BCUT2D eigenvalue weighted by molar-refractivity contribution is -0.0974. The number of aromatic nitrogens is 1. The Morgan fingerprint density at radius 1 is 1.16 bits per heavy atom. The highest BCUT2D eigenvalue weighted by atomic mass is 35.5. The standard InChI is InChI=1S/C21H22ClN3O6S/c1-25(14-6-4-13(22)5-7-14)32(28,29)15-8-9-18-16(10-15)20(26)17(11-23-18)21(27)24-12-19(30-2)31-3/h4-11,19H,12H2,1-3H3,(H,23,26)(H,24,27). The third kappa shape index (κ3) is 4.78. The maximum absolute atomic E-state index is 13.1. The smallest absolute Gasteiger partial charge is 0.264 e. The molecule has 3 aromatic rings. The van der Waals surface area contributed by atoms with Gasteiger partial charge in [-0.15, -0.1) is 0 Å². The molecular weight excluding hydrogens is 458 g/mol. The van der Waals surface area contributed by atoms with Crippen LogP contribution in [-0.2, 0) is 19.5 Å². The molecule has 2 aromatic carbocycles. The zero-order valence-corrected chi connectivity index (χ0v) is 19.2. The van der Waals surface area contributed by atoms with Crippen LogP contribution in [0.4, 0.5) is 5.69 Å². The van der Waals surface area contributed by atoms with E-state index in [1.807, 2.05) is 0 Å². The number of aromatic amines is 1. The summed E-state index contributed by atoms with van der Waals surface area (Å²) < 4.78 is 37.3. The van der Waals surface area contributed by atoms with E-state index in [0.717, 1.165) is 4.31 Å². The number of methoxy groups -OCH3 is 2. The van der Waals surface area contributed by atoms with Gasteiger partial charge in [-0.2, -0.15) is 0 Å². The summed E-state index contributed by atoms with van der Waals surface area (Å²) in [5, 5.41) is 3.09. The van der Waals surface area contributed by atoms with E-state index in [4.69, 9.17) is 21.1 Å². The molecule has 0 aliphatic carbocycles. The fourth-order valence-electron chi connectivity index (χ4n) is 3.01. The minimum atomic E-state index is -3.97. The van der Waals surface area contributed by atoms with E-state index >= 15 is 0 Å². The predicted octanol–water partition coefficient (Wildman–Crippen LogP) is 2.36. The first-order valence-electron chi connectivity index (χ1n) is 9.42. The Kier molecular flexibility index (Phi) is 7.19. The number of hydrogen-bond acceptors (Lipinski definition) is 6. The van der Waals surface area contributed by atoms with Crippen LogP contribution in [0.1, 0.15) is 10.4 Å². The Bertz CT molecular complexity index is 1290. The third-order valence-electron chi connectivity index (χ3n) is 4.90. The van der Waals surface area contributed by atoms with E-state index in [1.165, 1.54) is 45.7 Å². The van der Waals surface area contributed by atoms with E-state index in [9.17, 15) is 18.0 Å². The molecule has 2 N–H and O–H groups in total. The zero-order valence-electron chi connectivity index (χ0n) is 17.6. The van der Waals surface area contributed by atoms with Gasteiger partial charge in [0, 0.05) is 43.4 Å². The summed E-state index contributed by atoms with van der Waals surface area (Å²) in [7, 11) is 0.277. The van der Waals surface area contributed by atoms with Crippen molar-refractivity contribution in [2.75, 3.05) is 32.1 Å². The predicted molar refractivity (Wildman–Crippen MR) is 122 cm³/mol. The van der Waals surface area contributed by atoms with Gasteiger partial charge < -0.3 is 19.8 Å². The number of rotatable bonds is 8. The van der Waals surface area contributed by atoms with E-state index in [-0.39, 0.29) is 22.4 Å². The van der Waals surface area contributed by atoms with Crippen LogP contribution in [0.15, 0.2) is 58.4 Å². The van der Waals surface area contributed by atoms with Crippen LogP contribution < -0.4 is 15.1 Å². The van der Waals surface area contributed by atoms with Gasteiger partial charge in [-0.1, -0.05) is 11.6 Å². The maximum atomic E-state index is 13.1. The number of sulfonamides is 1. The molecule has 0 fully saturated rings. The van der Waals surface area contributed by atoms with E-state index in [0.29, 0.717) is 16.2 Å². The molecule has 0 unspecified atom stereocenters. The summed E-state index contributed by atoms with van der Waals surface area (Å²) in [6, 6.07) is 10.4. The first-order valence-corrected chi connectivity index (χ1v) is 11.2. The molecule has 0 bridgehead atoms. The monoisotopic (exact) mass is 479 g/mol. The second-order valence-electron chi connectivity index (χ2n) is 6.80. The molecule has 9 nitrogen and oxygen atoms in total. The van der Waals surface area contributed by atoms with Crippen molar-refractivity contribution in [3.63, 3.8) is 0 Å². The number of nitrogens with one attached hydrogen (secondary N) is 2. The molecule has 0 aliphatic heterocycles. The fourth-order valence-corrected chi connectivity index (χ4v) is 4.36. The van der Waals surface area contributed by atoms with Crippen LogP contribution in [0.5, 0.6) is 0 Å². The molecular formula is C21H22ClN3O6S. The molecule has 0 atom stereocenters. The Morgan fingerprint density at radius 3 is 2.44 bits per heavy atom. The summed E-state index contributed by atoms with van der Waals surface area (Å²) in [5.41, 5.74) is 0.0339. The van der Waals surface area contributed by atoms with Gasteiger partial charge in [0.2, 0.25) is 5.43 Å². The van der Waals surface area contributed by atoms with Crippen molar-refractivity contribution in [2.45, 2.75) is 11.2 Å². The van der Waals surface area contributed by atoms with Crippen molar-refractivity contribution in [1.82, 2.24) is 10.3 Å². The number of carbonyl (C=O) groups excluding carboxylic acids is 1. The lowest BCUT2D eigenvalue weighted by atomic mass is 10.1. The van der Waals surface area contributed by atoms with Gasteiger partial charge in [0.25, 0.3) is 15.9 Å². The lowest BCUT2D eigenvalue weighted by Gasteiger charge is -2.20. The fraction of sp³-hybridized carbons (Fsp3) is 0.238. The van der Waals surface area contributed by atoms with Crippen molar-refractivity contribution in [1.29, 1.82) is 0 Å². The normalized spacial score (nSPS) is 11.7. The van der Waals surface area contributed by atoms with Gasteiger partial charge in [0.15, 0.2) is 6.29 Å². The second kappa shape index (κ2) is 9.70. The van der Waals surface area contributed by atoms with Crippen molar-refractivity contribution in [2.24, 2.45) is 0 Å². The largest absolute Gasteiger partial charge is 0.360 e. The molecule has 11 heteroatoms. The minimum absolute atomic E-state index is 0.0314. The summed E-state index contributed by atoms with van der Waals surface area (Å²) in [6.07, 6.45) is 0.612. The van der Waals surface area contributed by atoms with Crippen molar-refractivity contribution < 1.29 is 22.7 Å². The van der Waals surface area contributed by atoms with Gasteiger partial charge in [-0.05, 0) is 42.5 Å². The first kappa shape index (κ1) is 23.7.